The van der Waals surface area contributed by atoms with Gasteiger partial charge in [-0.3, -0.25) is 4.79 Å². The van der Waals surface area contributed by atoms with Crippen molar-refractivity contribution in [3.05, 3.63) is 34.9 Å². The molecule has 0 heterocycles. The van der Waals surface area contributed by atoms with Crippen LogP contribution >= 0.6 is 0 Å². The molecular weight excluding hydrogens is 264 g/mol. The number of rotatable bonds is 5. The molecule has 114 valence electrons. The molecule has 0 aliphatic carbocycles. The Kier molecular flexibility index (Phi) is 6.93. The molecule has 0 bridgehead atoms. The van der Waals surface area contributed by atoms with Gasteiger partial charge in [0.25, 0.3) is 5.91 Å². The van der Waals surface area contributed by atoms with Crippen LogP contribution in [-0.2, 0) is 4.74 Å². The Morgan fingerprint density at radius 2 is 2.19 bits per heavy atom. The summed E-state index contributed by atoms with van der Waals surface area (Å²) in [6.45, 7) is 7.33. The van der Waals surface area contributed by atoms with Crippen molar-refractivity contribution in [3.8, 4) is 11.8 Å². The molecule has 0 radical (unpaired) electrons. The fraction of sp³-hybridized carbons (Fsp3) is 0.471. The Bertz CT molecular complexity index is 543. The largest absolute Gasteiger partial charge is 0.383 e. The highest BCUT2D eigenvalue weighted by Crippen LogP contribution is 2.15. The average molecular weight is 288 g/mol. The maximum absolute atomic E-state index is 12.8. The Labute approximate surface area is 127 Å². The molecular formula is C17H24N2O2. The lowest BCUT2D eigenvalue weighted by Crippen LogP contribution is -2.41. The van der Waals surface area contributed by atoms with Crippen LogP contribution in [0.15, 0.2) is 18.2 Å². The summed E-state index contributed by atoms with van der Waals surface area (Å²) in [5, 5.41) is 0. The lowest BCUT2D eigenvalue weighted by atomic mass is 10.0. The van der Waals surface area contributed by atoms with Gasteiger partial charge >= 0.3 is 0 Å². The number of likely N-dealkylation sites (N-methyl/N-ethyl adjacent to an activating group) is 1. The van der Waals surface area contributed by atoms with Gasteiger partial charge in [0.15, 0.2) is 0 Å². The van der Waals surface area contributed by atoms with Crippen LogP contribution in [0.2, 0.25) is 0 Å². The molecule has 1 aromatic rings. The van der Waals surface area contributed by atoms with Crippen molar-refractivity contribution in [2.24, 2.45) is 5.73 Å². The molecule has 21 heavy (non-hydrogen) atoms. The van der Waals surface area contributed by atoms with E-state index in [1.165, 1.54) is 0 Å². The molecule has 1 aromatic carbocycles. The van der Waals surface area contributed by atoms with Crippen LogP contribution in [-0.4, -0.2) is 43.7 Å². The van der Waals surface area contributed by atoms with Crippen molar-refractivity contribution in [1.29, 1.82) is 0 Å². The summed E-state index contributed by atoms with van der Waals surface area (Å²) in [6.07, 6.45) is 0. The number of nitrogens with two attached hydrogens (primary N) is 1. The number of nitrogens with zero attached hydrogens (tertiary/aromatic N) is 1. The summed E-state index contributed by atoms with van der Waals surface area (Å²) >= 11 is 0. The van der Waals surface area contributed by atoms with Crippen molar-refractivity contribution < 1.29 is 9.53 Å². The van der Waals surface area contributed by atoms with Gasteiger partial charge in [0.1, 0.15) is 0 Å². The Morgan fingerprint density at radius 1 is 1.48 bits per heavy atom. The van der Waals surface area contributed by atoms with Crippen LogP contribution in [0.1, 0.15) is 35.3 Å². The second kappa shape index (κ2) is 8.46. The normalized spacial score (nSPS) is 11.5. The highest BCUT2D eigenvalue weighted by atomic mass is 16.5. The average Bonchev–Trinajstić information content (AvgIpc) is 2.46. The maximum Gasteiger partial charge on any atom is 0.255 e. The number of carbonyl (C=O) groups excluding carboxylic acids is 1. The maximum atomic E-state index is 12.8. The molecule has 0 aliphatic rings. The van der Waals surface area contributed by atoms with Crippen molar-refractivity contribution in [1.82, 2.24) is 4.90 Å². The highest BCUT2D eigenvalue weighted by Gasteiger charge is 2.21. The molecule has 2 N–H and O–H groups in total. The topological polar surface area (TPSA) is 55.6 Å². The number of ether oxygens (including phenoxy) is 1. The minimum Gasteiger partial charge on any atom is -0.383 e. The minimum atomic E-state index is -0.0247. The van der Waals surface area contributed by atoms with Gasteiger partial charge in [-0.1, -0.05) is 17.9 Å². The van der Waals surface area contributed by atoms with Crippen molar-refractivity contribution >= 4 is 5.91 Å². The number of carbonyl (C=O) groups is 1. The quantitative estimate of drug-likeness (QED) is 0.841. The zero-order chi connectivity index (χ0) is 15.8. The zero-order valence-electron chi connectivity index (χ0n) is 13.3. The fourth-order valence-corrected chi connectivity index (χ4v) is 2.24. The van der Waals surface area contributed by atoms with E-state index in [2.05, 4.69) is 11.8 Å². The third kappa shape index (κ3) is 4.59. The van der Waals surface area contributed by atoms with Gasteiger partial charge in [0.2, 0.25) is 0 Å². The third-order valence-electron chi connectivity index (χ3n) is 3.27. The minimum absolute atomic E-state index is 0.0177. The van der Waals surface area contributed by atoms with Gasteiger partial charge < -0.3 is 15.4 Å². The Balaban J connectivity index is 3.15. The molecule has 4 heteroatoms. The van der Waals surface area contributed by atoms with E-state index in [-0.39, 0.29) is 18.5 Å². The second-order valence-corrected chi connectivity index (χ2v) is 4.95. The van der Waals surface area contributed by atoms with Crippen LogP contribution in [0.3, 0.4) is 0 Å². The number of aryl methyl sites for hydroxylation is 1. The van der Waals surface area contributed by atoms with Crippen LogP contribution in [0.4, 0.5) is 0 Å². The van der Waals surface area contributed by atoms with Gasteiger partial charge in [-0.25, -0.2) is 0 Å². The first kappa shape index (κ1) is 17.2. The third-order valence-corrected chi connectivity index (χ3v) is 3.27. The molecule has 1 atom stereocenters. The monoisotopic (exact) mass is 288 g/mol. The first-order valence-corrected chi connectivity index (χ1v) is 7.14. The molecule has 1 amide bonds. The Hall–Kier alpha value is -1.83. The molecule has 0 saturated carbocycles. The number of amides is 1. The summed E-state index contributed by atoms with van der Waals surface area (Å²) in [5.41, 5.74) is 7.85. The lowest BCUT2D eigenvalue weighted by molar-refractivity contribution is 0.0579. The Morgan fingerprint density at radius 3 is 2.76 bits per heavy atom. The number of hydrogen-bond acceptors (Lipinski definition) is 3. The van der Waals surface area contributed by atoms with Crippen LogP contribution in [0, 0.1) is 18.8 Å². The molecule has 0 fully saturated rings. The summed E-state index contributed by atoms with van der Waals surface area (Å²) in [7, 11) is 1.64. The van der Waals surface area contributed by atoms with E-state index in [4.69, 9.17) is 10.5 Å². The van der Waals surface area contributed by atoms with Crippen LogP contribution in [0.5, 0.6) is 0 Å². The van der Waals surface area contributed by atoms with Gasteiger partial charge in [-0.2, -0.15) is 0 Å². The molecule has 4 nitrogen and oxygen atoms in total. The van der Waals surface area contributed by atoms with E-state index in [1.54, 1.807) is 12.0 Å². The lowest BCUT2D eigenvalue weighted by Gasteiger charge is -2.28. The van der Waals surface area contributed by atoms with E-state index < -0.39 is 0 Å². The highest BCUT2D eigenvalue weighted by molar-refractivity contribution is 5.97. The van der Waals surface area contributed by atoms with Gasteiger partial charge in [-0.05, 0) is 38.5 Å². The van der Waals surface area contributed by atoms with Crippen molar-refractivity contribution in [3.63, 3.8) is 0 Å². The van der Waals surface area contributed by atoms with Crippen LogP contribution in [0.25, 0.3) is 0 Å². The first-order chi connectivity index (χ1) is 10.0. The summed E-state index contributed by atoms with van der Waals surface area (Å²) in [5.74, 6) is 5.79. The molecule has 0 spiro atoms. The van der Waals surface area contributed by atoms with Gasteiger partial charge in [0.05, 0.1) is 24.8 Å². The predicted octanol–water partition coefficient (Wildman–Crippen LogP) is 1.80. The second-order valence-electron chi connectivity index (χ2n) is 4.95. The van der Waals surface area contributed by atoms with E-state index >= 15 is 0 Å². The standard InChI is InChI=1S/C17H24N2O2/c1-5-19(14(3)12-21-4)17(20)16-9-8-13(2)11-15(16)7-6-10-18/h8-9,11,14H,5,10,12,18H2,1-4H3. The fourth-order valence-electron chi connectivity index (χ4n) is 2.24. The summed E-state index contributed by atoms with van der Waals surface area (Å²) < 4.78 is 5.15. The van der Waals surface area contributed by atoms with E-state index in [1.807, 2.05) is 39.0 Å². The van der Waals surface area contributed by atoms with Crippen LogP contribution < -0.4 is 5.73 Å². The van der Waals surface area contributed by atoms with E-state index in [0.717, 1.165) is 11.1 Å². The summed E-state index contributed by atoms with van der Waals surface area (Å²) in [6, 6.07) is 5.70. The molecule has 0 saturated heterocycles. The van der Waals surface area contributed by atoms with Gasteiger partial charge in [-0.15, -0.1) is 0 Å². The van der Waals surface area contributed by atoms with Crippen molar-refractivity contribution in [2.45, 2.75) is 26.8 Å². The van der Waals surface area contributed by atoms with E-state index in [9.17, 15) is 4.79 Å². The molecule has 1 unspecified atom stereocenters. The summed E-state index contributed by atoms with van der Waals surface area (Å²) in [4.78, 5) is 14.6. The van der Waals surface area contributed by atoms with Gasteiger partial charge in [0, 0.05) is 19.2 Å². The van der Waals surface area contributed by atoms with Crippen molar-refractivity contribution in [2.75, 3.05) is 26.8 Å². The SMILES string of the molecule is CCN(C(=O)c1ccc(C)cc1C#CCN)C(C)COC. The molecule has 0 aromatic heterocycles. The van der Waals surface area contributed by atoms with E-state index in [0.29, 0.717) is 18.7 Å². The zero-order valence-corrected chi connectivity index (χ0v) is 13.3. The first-order valence-electron chi connectivity index (χ1n) is 7.14. The predicted molar refractivity (Wildman–Crippen MR) is 85.2 cm³/mol. The molecule has 1 rings (SSSR count). The number of methoxy groups -OCH3 is 1. The number of benzene rings is 1. The smallest absolute Gasteiger partial charge is 0.255 e. The number of hydrogen-bond donors (Lipinski definition) is 1. The molecule has 0 aliphatic heterocycles.